The van der Waals surface area contributed by atoms with Crippen LogP contribution in [-0.2, 0) is 14.3 Å². The maximum absolute atomic E-state index is 13.5. The highest BCUT2D eigenvalue weighted by atomic mass is 19.1. The van der Waals surface area contributed by atoms with Crippen molar-refractivity contribution >= 4 is 17.8 Å². The van der Waals surface area contributed by atoms with E-state index in [-0.39, 0.29) is 37.1 Å². The van der Waals surface area contributed by atoms with Crippen LogP contribution >= 0.6 is 0 Å². The van der Waals surface area contributed by atoms with Gasteiger partial charge in [-0.1, -0.05) is 19.3 Å². The molecule has 1 aromatic carbocycles. The number of halogens is 2. The first-order valence-corrected chi connectivity index (χ1v) is 8.64. The fourth-order valence-electron chi connectivity index (χ4n) is 2.78. The summed E-state index contributed by atoms with van der Waals surface area (Å²) in [6.07, 6.45) is 5.05. The average Bonchev–Trinajstić information content (AvgIpc) is 2.60. The Balaban J connectivity index is 1.63. The third-order valence-corrected chi connectivity index (χ3v) is 4.12. The van der Waals surface area contributed by atoms with Crippen molar-refractivity contribution in [2.45, 2.75) is 44.6 Å². The molecule has 1 aromatic rings. The van der Waals surface area contributed by atoms with E-state index >= 15 is 0 Å². The van der Waals surface area contributed by atoms with Gasteiger partial charge >= 0.3 is 5.97 Å². The van der Waals surface area contributed by atoms with Crippen LogP contribution in [0.3, 0.4) is 0 Å². The summed E-state index contributed by atoms with van der Waals surface area (Å²) in [6, 6.07) is 2.74. The Bertz CT molecular complexity index is 661. The highest BCUT2D eigenvalue weighted by molar-refractivity contribution is 5.94. The second-order valence-corrected chi connectivity index (χ2v) is 6.19. The maximum atomic E-state index is 13.5. The van der Waals surface area contributed by atoms with Crippen molar-refractivity contribution in [2.24, 2.45) is 0 Å². The summed E-state index contributed by atoms with van der Waals surface area (Å²) < 4.78 is 31.1. The smallest absolute Gasteiger partial charge is 0.308 e. The van der Waals surface area contributed by atoms with Crippen LogP contribution in [0.2, 0.25) is 0 Å². The van der Waals surface area contributed by atoms with Crippen LogP contribution < -0.4 is 10.6 Å². The van der Waals surface area contributed by atoms with Gasteiger partial charge in [0.25, 0.3) is 11.8 Å². The number of esters is 1. The standard InChI is InChI=1S/C18H22F2N2O4/c19-12-6-7-14(15(20)10-12)18(25)21-9-8-17(24)26-11-16(23)22-13-4-2-1-3-5-13/h6-7,10,13H,1-5,8-9,11H2,(H,21,25)(H,22,23). The Kier molecular flexibility index (Phi) is 7.50. The molecule has 0 heterocycles. The molecule has 0 bridgehead atoms. The molecule has 0 atom stereocenters. The van der Waals surface area contributed by atoms with Crippen LogP contribution in [0.15, 0.2) is 18.2 Å². The molecule has 8 heteroatoms. The largest absolute Gasteiger partial charge is 0.456 e. The summed E-state index contributed by atoms with van der Waals surface area (Å²) in [5.74, 6) is -3.52. The van der Waals surface area contributed by atoms with E-state index in [0.717, 1.165) is 37.8 Å². The van der Waals surface area contributed by atoms with E-state index in [9.17, 15) is 23.2 Å². The fraction of sp³-hybridized carbons (Fsp3) is 0.500. The molecule has 1 saturated carbocycles. The molecule has 6 nitrogen and oxygen atoms in total. The number of hydrogen-bond donors (Lipinski definition) is 2. The highest BCUT2D eigenvalue weighted by Crippen LogP contribution is 2.17. The van der Waals surface area contributed by atoms with Crippen molar-refractivity contribution in [3.05, 3.63) is 35.4 Å². The molecular formula is C18H22F2N2O4. The van der Waals surface area contributed by atoms with E-state index in [1.54, 1.807) is 0 Å². The number of amides is 2. The van der Waals surface area contributed by atoms with Gasteiger partial charge in [-0.25, -0.2) is 8.78 Å². The van der Waals surface area contributed by atoms with Gasteiger partial charge in [0.15, 0.2) is 6.61 Å². The highest BCUT2D eigenvalue weighted by Gasteiger charge is 2.17. The minimum Gasteiger partial charge on any atom is -0.456 e. The average molecular weight is 368 g/mol. The Morgan fingerprint density at radius 1 is 1.12 bits per heavy atom. The first kappa shape index (κ1) is 19.8. The summed E-state index contributed by atoms with van der Waals surface area (Å²) in [5, 5.41) is 5.16. The second kappa shape index (κ2) is 9.84. The molecule has 0 radical (unpaired) electrons. The summed E-state index contributed by atoms with van der Waals surface area (Å²) >= 11 is 0. The number of ether oxygens (including phenoxy) is 1. The van der Waals surface area contributed by atoms with Gasteiger partial charge in [0.05, 0.1) is 12.0 Å². The van der Waals surface area contributed by atoms with E-state index in [1.807, 2.05) is 0 Å². The van der Waals surface area contributed by atoms with Crippen molar-refractivity contribution in [1.82, 2.24) is 10.6 Å². The van der Waals surface area contributed by atoms with Crippen molar-refractivity contribution in [2.75, 3.05) is 13.2 Å². The predicted octanol–water partition coefficient (Wildman–Crippen LogP) is 2.08. The van der Waals surface area contributed by atoms with Crippen LogP contribution in [-0.4, -0.2) is 37.0 Å². The number of nitrogens with one attached hydrogen (secondary N) is 2. The van der Waals surface area contributed by atoms with Crippen LogP contribution in [0.25, 0.3) is 0 Å². The van der Waals surface area contributed by atoms with Crippen molar-refractivity contribution in [3.8, 4) is 0 Å². The van der Waals surface area contributed by atoms with E-state index in [4.69, 9.17) is 4.74 Å². The zero-order chi connectivity index (χ0) is 18.9. The van der Waals surface area contributed by atoms with Gasteiger partial charge in [-0.05, 0) is 25.0 Å². The first-order valence-electron chi connectivity index (χ1n) is 8.64. The lowest BCUT2D eigenvalue weighted by Gasteiger charge is -2.22. The van der Waals surface area contributed by atoms with Gasteiger partial charge in [0.2, 0.25) is 0 Å². The van der Waals surface area contributed by atoms with Crippen LogP contribution in [0.5, 0.6) is 0 Å². The Morgan fingerprint density at radius 2 is 1.85 bits per heavy atom. The lowest BCUT2D eigenvalue weighted by Crippen LogP contribution is -2.38. The SMILES string of the molecule is O=C(COC(=O)CCNC(=O)c1ccc(F)cc1F)NC1CCCCC1. The van der Waals surface area contributed by atoms with Crippen LogP contribution in [0, 0.1) is 11.6 Å². The fourth-order valence-corrected chi connectivity index (χ4v) is 2.78. The molecule has 0 aliphatic heterocycles. The van der Waals surface area contributed by atoms with Gasteiger partial charge in [-0.2, -0.15) is 0 Å². The molecule has 0 aromatic heterocycles. The topological polar surface area (TPSA) is 84.5 Å². The number of hydrogen-bond acceptors (Lipinski definition) is 4. The van der Waals surface area contributed by atoms with E-state index in [0.29, 0.717) is 6.07 Å². The summed E-state index contributed by atoms with van der Waals surface area (Å²) in [7, 11) is 0. The molecule has 142 valence electrons. The zero-order valence-corrected chi connectivity index (χ0v) is 14.4. The summed E-state index contributed by atoms with van der Waals surface area (Å²) in [4.78, 5) is 35.1. The van der Waals surface area contributed by atoms with Crippen molar-refractivity contribution in [3.63, 3.8) is 0 Å². The summed E-state index contributed by atoms with van der Waals surface area (Å²) in [6.45, 7) is -0.450. The monoisotopic (exact) mass is 368 g/mol. The van der Waals surface area contributed by atoms with Crippen LogP contribution in [0.4, 0.5) is 8.78 Å². The lowest BCUT2D eigenvalue weighted by atomic mass is 9.95. The third kappa shape index (κ3) is 6.42. The van der Waals surface area contributed by atoms with Gasteiger partial charge in [-0.3, -0.25) is 14.4 Å². The molecule has 0 spiro atoms. The summed E-state index contributed by atoms with van der Waals surface area (Å²) in [5.41, 5.74) is -0.313. The maximum Gasteiger partial charge on any atom is 0.308 e. The molecule has 1 aliphatic rings. The van der Waals surface area contributed by atoms with Crippen molar-refractivity contribution in [1.29, 1.82) is 0 Å². The van der Waals surface area contributed by atoms with Gasteiger partial charge < -0.3 is 15.4 Å². The van der Waals surface area contributed by atoms with Gasteiger partial charge in [0.1, 0.15) is 11.6 Å². The van der Waals surface area contributed by atoms with Crippen LogP contribution in [0.1, 0.15) is 48.9 Å². The third-order valence-electron chi connectivity index (χ3n) is 4.12. The van der Waals surface area contributed by atoms with Gasteiger partial charge in [-0.15, -0.1) is 0 Å². The lowest BCUT2D eigenvalue weighted by molar-refractivity contribution is -0.148. The minimum absolute atomic E-state index is 0.0846. The Labute approximate surface area is 150 Å². The normalized spacial score (nSPS) is 14.5. The molecule has 2 N–H and O–H groups in total. The predicted molar refractivity (Wildman–Crippen MR) is 89.3 cm³/mol. The second-order valence-electron chi connectivity index (χ2n) is 6.19. The number of carbonyl (C=O) groups is 3. The molecule has 1 fully saturated rings. The minimum atomic E-state index is -0.982. The molecule has 0 unspecified atom stereocenters. The van der Waals surface area contributed by atoms with Crippen molar-refractivity contribution < 1.29 is 27.9 Å². The van der Waals surface area contributed by atoms with E-state index in [2.05, 4.69) is 10.6 Å². The molecular weight excluding hydrogens is 346 g/mol. The Hall–Kier alpha value is -2.51. The number of benzene rings is 1. The molecule has 2 amide bonds. The molecule has 0 saturated heterocycles. The van der Waals surface area contributed by atoms with E-state index < -0.39 is 23.5 Å². The Morgan fingerprint density at radius 3 is 2.54 bits per heavy atom. The molecule has 1 aliphatic carbocycles. The molecule has 26 heavy (non-hydrogen) atoms. The first-order chi connectivity index (χ1) is 12.5. The number of carbonyl (C=O) groups excluding carboxylic acids is 3. The quantitative estimate of drug-likeness (QED) is 0.722. The number of rotatable bonds is 7. The van der Waals surface area contributed by atoms with Gasteiger partial charge in [0, 0.05) is 18.7 Å². The molecule has 2 rings (SSSR count). The van der Waals surface area contributed by atoms with E-state index in [1.165, 1.54) is 6.42 Å². The zero-order valence-electron chi connectivity index (χ0n) is 14.4.